The fourth-order valence-electron chi connectivity index (χ4n) is 2.15. The zero-order valence-corrected chi connectivity index (χ0v) is 14.5. The maximum Gasteiger partial charge on any atom is 0.343 e. The number of nitrogens with zero attached hydrogens (tertiary/aromatic N) is 3. The Morgan fingerprint density at radius 1 is 1.30 bits per heavy atom. The lowest BCUT2D eigenvalue weighted by molar-refractivity contribution is 0.573. The Morgan fingerprint density at radius 2 is 2.13 bits per heavy atom. The SMILES string of the molecule is CCCCn1c(SCc2csc(-c3ccccc3)n2)n[nH]c1=O. The molecule has 2 heterocycles. The van der Waals surface area contributed by atoms with Gasteiger partial charge in [-0.25, -0.2) is 14.9 Å². The van der Waals surface area contributed by atoms with E-state index in [0.717, 1.165) is 34.3 Å². The van der Waals surface area contributed by atoms with Gasteiger partial charge in [0, 0.05) is 23.2 Å². The number of aromatic nitrogens is 4. The van der Waals surface area contributed by atoms with Crippen molar-refractivity contribution < 1.29 is 0 Å². The number of hydrogen-bond acceptors (Lipinski definition) is 5. The molecule has 5 nitrogen and oxygen atoms in total. The minimum Gasteiger partial charge on any atom is -0.270 e. The summed E-state index contributed by atoms with van der Waals surface area (Å²) in [5.41, 5.74) is 2.01. The van der Waals surface area contributed by atoms with Crippen LogP contribution in [0.3, 0.4) is 0 Å². The largest absolute Gasteiger partial charge is 0.343 e. The standard InChI is InChI=1S/C16H18N4OS2/c1-2-3-9-20-15(21)18-19-16(20)23-11-13-10-22-14(17-13)12-7-5-4-6-8-12/h4-8,10H,2-3,9,11H2,1H3,(H,18,21). The summed E-state index contributed by atoms with van der Waals surface area (Å²) >= 11 is 3.18. The van der Waals surface area contributed by atoms with Crippen molar-refractivity contribution in [2.24, 2.45) is 0 Å². The number of unbranched alkanes of at least 4 members (excludes halogenated alkanes) is 1. The van der Waals surface area contributed by atoms with E-state index in [4.69, 9.17) is 0 Å². The molecular formula is C16H18N4OS2. The van der Waals surface area contributed by atoms with Crippen LogP contribution in [0.5, 0.6) is 0 Å². The van der Waals surface area contributed by atoms with Gasteiger partial charge in [0.25, 0.3) is 0 Å². The normalized spacial score (nSPS) is 11.0. The first-order valence-electron chi connectivity index (χ1n) is 7.55. The molecule has 0 amide bonds. The Balaban J connectivity index is 1.68. The Hall–Kier alpha value is -1.86. The minimum absolute atomic E-state index is 0.135. The molecule has 0 atom stereocenters. The van der Waals surface area contributed by atoms with Crippen LogP contribution in [0.15, 0.2) is 45.7 Å². The first kappa shape index (κ1) is 16.0. The lowest BCUT2D eigenvalue weighted by Gasteiger charge is -2.03. The zero-order valence-electron chi connectivity index (χ0n) is 12.9. The van der Waals surface area contributed by atoms with Crippen LogP contribution >= 0.6 is 23.1 Å². The molecule has 0 saturated carbocycles. The van der Waals surface area contributed by atoms with Gasteiger partial charge in [0.2, 0.25) is 0 Å². The van der Waals surface area contributed by atoms with E-state index in [-0.39, 0.29) is 5.69 Å². The number of thiazole rings is 1. The van der Waals surface area contributed by atoms with Crippen molar-refractivity contribution in [2.45, 2.75) is 37.2 Å². The summed E-state index contributed by atoms with van der Waals surface area (Å²) < 4.78 is 1.71. The highest BCUT2D eigenvalue weighted by molar-refractivity contribution is 7.98. The number of nitrogens with one attached hydrogen (secondary N) is 1. The summed E-state index contributed by atoms with van der Waals surface area (Å²) in [6.07, 6.45) is 2.02. The molecule has 3 aromatic rings. The van der Waals surface area contributed by atoms with E-state index in [0.29, 0.717) is 12.3 Å². The van der Waals surface area contributed by atoms with Crippen LogP contribution in [0.1, 0.15) is 25.5 Å². The smallest absolute Gasteiger partial charge is 0.270 e. The third kappa shape index (κ3) is 3.92. The molecule has 1 N–H and O–H groups in total. The van der Waals surface area contributed by atoms with Crippen LogP contribution in [-0.4, -0.2) is 19.7 Å². The zero-order chi connectivity index (χ0) is 16.1. The van der Waals surface area contributed by atoms with Gasteiger partial charge in [-0.2, -0.15) is 0 Å². The average molecular weight is 346 g/mol. The highest BCUT2D eigenvalue weighted by atomic mass is 32.2. The fourth-order valence-corrected chi connectivity index (χ4v) is 3.95. The summed E-state index contributed by atoms with van der Waals surface area (Å²) in [5.74, 6) is 0.708. The summed E-state index contributed by atoms with van der Waals surface area (Å²) in [5, 5.41) is 10.5. The van der Waals surface area contributed by atoms with Crippen molar-refractivity contribution in [3.63, 3.8) is 0 Å². The minimum atomic E-state index is -0.135. The van der Waals surface area contributed by atoms with E-state index >= 15 is 0 Å². The number of thioether (sulfide) groups is 1. The number of aromatic amines is 1. The van der Waals surface area contributed by atoms with Gasteiger partial charge < -0.3 is 0 Å². The molecule has 0 radical (unpaired) electrons. The van der Waals surface area contributed by atoms with E-state index in [1.165, 1.54) is 0 Å². The summed E-state index contributed by atoms with van der Waals surface area (Å²) in [4.78, 5) is 16.4. The first-order valence-corrected chi connectivity index (χ1v) is 9.42. The average Bonchev–Trinajstić information content (AvgIpc) is 3.19. The van der Waals surface area contributed by atoms with Crippen LogP contribution in [0.25, 0.3) is 10.6 Å². The third-order valence-electron chi connectivity index (χ3n) is 3.38. The second-order valence-electron chi connectivity index (χ2n) is 5.12. The molecule has 23 heavy (non-hydrogen) atoms. The molecule has 0 spiro atoms. The van der Waals surface area contributed by atoms with E-state index in [1.54, 1.807) is 27.7 Å². The predicted octanol–water partition coefficient (Wildman–Crippen LogP) is 3.79. The van der Waals surface area contributed by atoms with Gasteiger partial charge in [-0.3, -0.25) is 4.57 Å². The Bertz CT molecular complexity index is 807. The molecule has 0 aliphatic rings. The molecule has 0 fully saturated rings. The molecule has 0 saturated heterocycles. The molecular weight excluding hydrogens is 328 g/mol. The van der Waals surface area contributed by atoms with Gasteiger partial charge in [0.15, 0.2) is 5.16 Å². The van der Waals surface area contributed by atoms with E-state index < -0.39 is 0 Å². The van der Waals surface area contributed by atoms with E-state index in [1.807, 2.05) is 18.2 Å². The second-order valence-corrected chi connectivity index (χ2v) is 6.92. The first-order chi connectivity index (χ1) is 11.3. The Morgan fingerprint density at radius 3 is 2.91 bits per heavy atom. The fraction of sp³-hybridized carbons (Fsp3) is 0.312. The lowest BCUT2D eigenvalue weighted by atomic mass is 10.2. The van der Waals surface area contributed by atoms with Gasteiger partial charge >= 0.3 is 5.69 Å². The highest BCUT2D eigenvalue weighted by Gasteiger charge is 2.10. The second kappa shape index (κ2) is 7.61. The van der Waals surface area contributed by atoms with Gasteiger partial charge in [0.1, 0.15) is 5.01 Å². The Labute approximate surface area is 142 Å². The van der Waals surface area contributed by atoms with Crippen LogP contribution in [0.4, 0.5) is 0 Å². The van der Waals surface area contributed by atoms with Crippen molar-refractivity contribution in [1.82, 2.24) is 19.7 Å². The number of H-pyrrole nitrogens is 1. The topological polar surface area (TPSA) is 63.6 Å². The quantitative estimate of drug-likeness (QED) is 0.661. The Kier molecular flexibility index (Phi) is 5.30. The van der Waals surface area contributed by atoms with Gasteiger partial charge in [-0.15, -0.1) is 16.4 Å². The molecule has 2 aromatic heterocycles. The van der Waals surface area contributed by atoms with Crippen molar-refractivity contribution in [3.05, 3.63) is 51.9 Å². The molecule has 0 aliphatic carbocycles. The van der Waals surface area contributed by atoms with Crippen molar-refractivity contribution >= 4 is 23.1 Å². The van der Waals surface area contributed by atoms with Crippen LogP contribution in [0.2, 0.25) is 0 Å². The highest BCUT2D eigenvalue weighted by Crippen LogP contribution is 2.26. The van der Waals surface area contributed by atoms with Crippen molar-refractivity contribution in [3.8, 4) is 10.6 Å². The van der Waals surface area contributed by atoms with Gasteiger partial charge in [-0.1, -0.05) is 55.4 Å². The van der Waals surface area contributed by atoms with Crippen molar-refractivity contribution in [1.29, 1.82) is 0 Å². The number of rotatable bonds is 7. The molecule has 0 bridgehead atoms. The number of benzene rings is 1. The van der Waals surface area contributed by atoms with E-state index in [9.17, 15) is 4.79 Å². The van der Waals surface area contributed by atoms with E-state index in [2.05, 4.69) is 39.6 Å². The molecule has 0 aliphatic heterocycles. The van der Waals surface area contributed by atoms with Crippen LogP contribution < -0.4 is 5.69 Å². The van der Waals surface area contributed by atoms with Crippen molar-refractivity contribution in [2.75, 3.05) is 0 Å². The molecule has 1 aromatic carbocycles. The van der Waals surface area contributed by atoms with Gasteiger partial charge in [-0.05, 0) is 6.42 Å². The maximum atomic E-state index is 11.8. The maximum absolute atomic E-state index is 11.8. The predicted molar refractivity (Wildman–Crippen MR) is 94.9 cm³/mol. The molecule has 0 unspecified atom stereocenters. The molecule has 7 heteroatoms. The third-order valence-corrected chi connectivity index (χ3v) is 5.33. The van der Waals surface area contributed by atoms with Gasteiger partial charge in [0.05, 0.1) is 5.69 Å². The van der Waals surface area contributed by atoms with Crippen LogP contribution in [-0.2, 0) is 12.3 Å². The number of hydrogen-bond donors (Lipinski definition) is 1. The monoisotopic (exact) mass is 346 g/mol. The summed E-state index contributed by atoms with van der Waals surface area (Å²) in [7, 11) is 0. The molecule has 120 valence electrons. The summed E-state index contributed by atoms with van der Waals surface area (Å²) in [6, 6.07) is 10.2. The lowest BCUT2D eigenvalue weighted by Crippen LogP contribution is -2.17. The van der Waals surface area contributed by atoms with Crippen LogP contribution in [0, 0.1) is 0 Å². The molecule has 3 rings (SSSR count). The summed E-state index contributed by atoms with van der Waals surface area (Å²) in [6.45, 7) is 2.82.